The fraction of sp³-hybridized carbons (Fsp3) is 0.286. The molecule has 0 atom stereocenters. The Morgan fingerprint density at radius 2 is 1.89 bits per heavy atom. The SMILES string of the molecule is CC(=O)c1ccc(N=Cc2ccc(OCC(=O)N3CCOCC3)c(Br)c2)cc1. The lowest BCUT2D eigenvalue weighted by Gasteiger charge is -2.26. The van der Waals surface area contributed by atoms with Gasteiger partial charge in [0.15, 0.2) is 12.4 Å². The van der Waals surface area contributed by atoms with Gasteiger partial charge in [0.1, 0.15) is 5.75 Å². The van der Waals surface area contributed by atoms with E-state index >= 15 is 0 Å². The second-order valence-electron chi connectivity index (χ2n) is 6.33. The zero-order valence-corrected chi connectivity index (χ0v) is 17.1. The summed E-state index contributed by atoms with van der Waals surface area (Å²) in [6.07, 6.45) is 1.73. The number of nitrogens with zero attached hydrogens (tertiary/aromatic N) is 2. The highest BCUT2D eigenvalue weighted by Crippen LogP contribution is 2.26. The maximum absolute atomic E-state index is 12.2. The molecule has 146 valence electrons. The van der Waals surface area contributed by atoms with Gasteiger partial charge in [-0.1, -0.05) is 0 Å². The molecular formula is C21H21BrN2O4. The molecule has 0 saturated carbocycles. The monoisotopic (exact) mass is 444 g/mol. The fourth-order valence-corrected chi connectivity index (χ4v) is 3.20. The number of benzene rings is 2. The Kier molecular flexibility index (Phi) is 6.95. The predicted molar refractivity (Wildman–Crippen MR) is 111 cm³/mol. The van der Waals surface area contributed by atoms with E-state index in [1.165, 1.54) is 6.92 Å². The topological polar surface area (TPSA) is 68.2 Å². The van der Waals surface area contributed by atoms with E-state index in [9.17, 15) is 9.59 Å². The molecule has 0 unspecified atom stereocenters. The summed E-state index contributed by atoms with van der Waals surface area (Å²) in [5.74, 6) is 0.585. The van der Waals surface area contributed by atoms with Crippen LogP contribution in [0.3, 0.4) is 0 Å². The number of Topliss-reactive ketones (excluding diaryl/α,β-unsaturated/α-hetero) is 1. The van der Waals surface area contributed by atoms with E-state index in [2.05, 4.69) is 20.9 Å². The number of ether oxygens (including phenoxy) is 2. The highest BCUT2D eigenvalue weighted by Gasteiger charge is 2.17. The molecule has 0 N–H and O–H groups in total. The van der Waals surface area contributed by atoms with Gasteiger partial charge in [0, 0.05) is 24.9 Å². The van der Waals surface area contributed by atoms with Crippen molar-refractivity contribution in [3.63, 3.8) is 0 Å². The summed E-state index contributed by atoms with van der Waals surface area (Å²) in [5.41, 5.74) is 2.31. The first-order valence-corrected chi connectivity index (χ1v) is 9.75. The number of carbonyl (C=O) groups excluding carboxylic acids is 2. The zero-order valence-electron chi connectivity index (χ0n) is 15.6. The second kappa shape index (κ2) is 9.61. The highest BCUT2D eigenvalue weighted by atomic mass is 79.9. The molecule has 6 nitrogen and oxygen atoms in total. The third-order valence-electron chi connectivity index (χ3n) is 4.31. The van der Waals surface area contributed by atoms with Crippen molar-refractivity contribution >= 4 is 39.5 Å². The molecule has 7 heteroatoms. The largest absolute Gasteiger partial charge is 0.483 e. The minimum atomic E-state index is -0.0464. The van der Waals surface area contributed by atoms with E-state index < -0.39 is 0 Å². The molecule has 2 aromatic carbocycles. The van der Waals surface area contributed by atoms with E-state index in [1.54, 1.807) is 41.4 Å². The summed E-state index contributed by atoms with van der Waals surface area (Å²) in [6.45, 7) is 3.88. The van der Waals surface area contributed by atoms with Gasteiger partial charge in [-0.25, -0.2) is 0 Å². The molecule has 1 aliphatic rings. The van der Waals surface area contributed by atoms with Gasteiger partial charge < -0.3 is 14.4 Å². The third kappa shape index (κ3) is 5.50. The first kappa shape index (κ1) is 20.2. The van der Waals surface area contributed by atoms with Crippen molar-refractivity contribution in [1.29, 1.82) is 0 Å². The van der Waals surface area contributed by atoms with Crippen LogP contribution in [-0.2, 0) is 9.53 Å². The quantitative estimate of drug-likeness (QED) is 0.503. The molecule has 1 heterocycles. The van der Waals surface area contributed by atoms with Crippen LogP contribution >= 0.6 is 15.9 Å². The maximum atomic E-state index is 12.2. The van der Waals surface area contributed by atoms with Crippen molar-refractivity contribution < 1.29 is 19.1 Å². The molecule has 0 aromatic heterocycles. The van der Waals surface area contributed by atoms with Crippen LogP contribution in [-0.4, -0.2) is 55.7 Å². The minimum absolute atomic E-state index is 0.00542. The molecular weight excluding hydrogens is 424 g/mol. The number of amides is 1. The summed E-state index contributed by atoms with van der Waals surface area (Å²) in [6, 6.07) is 12.7. The van der Waals surface area contributed by atoms with E-state index in [1.807, 2.05) is 12.1 Å². The molecule has 3 rings (SSSR count). The Morgan fingerprint density at radius 1 is 1.18 bits per heavy atom. The summed E-state index contributed by atoms with van der Waals surface area (Å²) >= 11 is 3.48. The summed E-state index contributed by atoms with van der Waals surface area (Å²) in [5, 5.41) is 0. The summed E-state index contributed by atoms with van der Waals surface area (Å²) in [4.78, 5) is 29.6. The van der Waals surface area contributed by atoms with E-state index in [4.69, 9.17) is 9.47 Å². The first-order chi connectivity index (χ1) is 13.5. The molecule has 0 bridgehead atoms. The molecule has 28 heavy (non-hydrogen) atoms. The van der Waals surface area contributed by atoms with Crippen molar-refractivity contribution in [1.82, 2.24) is 4.90 Å². The number of hydrogen-bond donors (Lipinski definition) is 0. The zero-order chi connectivity index (χ0) is 19.9. The smallest absolute Gasteiger partial charge is 0.260 e. The van der Waals surface area contributed by atoms with Gasteiger partial charge >= 0.3 is 0 Å². The number of ketones is 1. The van der Waals surface area contributed by atoms with E-state index in [-0.39, 0.29) is 18.3 Å². The number of carbonyl (C=O) groups is 2. The van der Waals surface area contributed by atoms with Gasteiger partial charge in [-0.05, 0) is 70.9 Å². The number of halogens is 1. The van der Waals surface area contributed by atoms with Crippen LogP contribution in [0.15, 0.2) is 51.9 Å². The Bertz CT molecular complexity index is 874. The lowest BCUT2D eigenvalue weighted by atomic mass is 10.1. The van der Waals surface area contributed by atoms with Crippen LogP contribution < -0.4 is 4.74 Å². The number of morpholine rings is 1. The van der Waals surface area contributed by atoms with Crippen molar-refractivity contribution in [3.05, 3.63) is 58.1 Å². The Morgan fingerprint density at radius 3 is 2.54 bits per heavy atom. The predicted octanol–water partition coefficient (Wildman–Crippen LogP) is 3.64. The normalized spacial score (nSPS) is 14.3. The van der Waals surface area contributed by atoms with Gasteiger partial charge in [0.25, 0.3) is 5.91 Å². The summed E-state index contributed by atoms with van der Waals surface area (Å²) < 4.78 is 11.6. The molecule has 1 aliphatic heterocycles. The molecule has 1 amide bonds. The lowest BCUT2D eigenvalue weighted by molar-refractivity contribution is -0.137. The van der Waals surface area contributed by atoms with Gasteiger partial charge in [-0.15, -0.1) is 0 Å². The first-order valence-electron chi connectivity index (χ1n) is 8.96. The van der Waals surface area contributed by atoms with Crippen molar-refractivity contribution in [2.75, 3.05) is 32.9 Å². The Hall–Kier alpha value is -2.51. The molecule has 2 aromatic rings. The van der Waals surface area contributed by atoms with E-state index in [0.29, 0.717) is 37.6 Å². The minimum Gasteiger partial charge on any atom is -0.483 e. The van der Waals surface area contributed by atoms with Crippen LogP contribution in [0.2, 0.25) is 0 Å². The lowest BCUT2D eigenvalue weighted by Crippen LogP contribution is -2.43. The van der Waals surface area contributed by atoms with Gasteiger partial charge in [0.2, 0.25) is 0 Å². The van der Waals surface area contributed by atoms with Gasteiger partial charge in [-0.2, -0.15) is 0 Å². The highest BCUT2D eigenvalue weighted by molar-refractivity contribution is 9.10. The number of hydrogen-bond acceptors (Lipinski definition) is 5. The maximum Gasteiger partial charge on any atom is 0.260 e. The average Bonchev–Trinajstić information content (AvgIpc) is 2.72. The molecule has 1 fully saturated rings. The van der Waals surface area contributed by atoms with Gasteiger partial charge in [-0.3, -0.25) is 14.6 Å². The molecule has 0 aliphatic carbocycles. The van der Waals surface area contributed by atoms with Crippen LogP contribution in [0.25, 0.3) is 0 Å². The summed E-state index contributed by atoms with van der Waals surface area (Å²) in [7, 11) is 0. The molecule has 0 spiro atoms. The second-order valence-corrected chi connectivity index (χ2v) is 7.19. The fourth-order valence-electron chi connectivity index (χ4n) is 2.69. The van der Waals surface area contributed by atoms with Crippen LogP contribution in [0.4, 0.5) is 5.69 Å². The van der Waals surface area contributed by atoms with Crippen molar-refractivity contribution in [2.45, 2.75) is 6.92 Å². The Labute approximate surface area is 172 Å². The standard InChI is InChI=1S/C21H21BrN2O4/c1-15(25)17-3-5-18(6-4-17)23-13-16-2-7-20(19(22)12-16)28-14-21(26)24-8-10-27-11-9-24/h2-7,12-13H,8-11,14H2,1H3. The number of aliphatic imine (C=N–C) groups is 1. The van der Waals surface area contributed by atoms with Gasteiger partial charge in [0.05, 0.1) is 23.4 Å². The van der Waals surface area contributed by atoms with Crippen molar-refractivity contribution in [3.8, 4) is 5.75 Å². The molecule has 0 radical (unpaired) electrons. The third-order valence-corrected chi connectivity index (χ3v) is 4.93. The van der Waals surface area contributed by atoms with Crippen LogP contribution in [0.5, 0.6) is 5.75 Å². The van der Waals surface area contributed by atoms with E-state index in [0.717, 1.165) is 15.7 Å². The number of rotatable bonds is 6. The molecule has 1 saturated heterocycles. The van der Waals surface area contributed by atoms with Crippen LogP contribution in [0, 0.1) is 0 Å². The average molecular weight is 445 g/mol. The Balaban J connectivity index is 1.58. The van der Waals surface area contributed by atoms with Crippen molar-refractivity contribution in [2.24, 2.45) is 4.99 Å². The van der Waals surface area contributed by atoms with Crippen LogP contribution in [0.1, 0.15) is 22.8 Å².